The number of nitrogens with zero attached hydrogens (tertiary/aromatic N) is 8. The Morgan fingerprint density at radius 2 is 1.11 bits per heavy atom. The maximum absolute atomic E-state index is 12.1. The molecule has 2 atom stereocenters. The number of hydrogen-bond acceptors (Lipinski definition) is 12. The number of Topliss-reactive ketones (excluding diaryl/α,β-unsaturated/α-hetero) is 1. The first-order valence-electron chi connectivity index (χ1n) is 20.6. The number of aryl methyl sites for hydroxylation is 2. The molecule has 0 saturated carbocycles. The Labute approximate surface area is 404 Å². The van der Waals surface area contributed by atoms with Crippen LogP contribution in [0.5, 0.6) is 0 Å². The summed E-state index contributed by atoms with van der Waals surface area (Å²) < 4.78 is 52.6. The average Bonchev–Trinajstić information content (AvgIpc) is 3.73. The van der Waals surface area contributed by atoms with Gasteiger partial charge in [-0.2, -0.15) is 0 Å². The number of aromatic nitrogens is 6. The smallest absolute Gasteiger partial charge is 1.00 e. The van der Waals surface area contributed by atoms with Crippen LogP contribution < -0.4 is 26.8 Å². The molecule has 0 aliphatic carbocycles. The van der Waals surface area contributed by atoms with Crippen molar-refractivity contribution in [3.8, 4) is 0 Å². The third-order valence-corrected chi connectivity index (χ3v) is 14.0. The Balaban J connectivity index is 0.000000268. The number of ketones is 1. The summed E-state index contributed by atoms with van der Waals surface area (Å²) in [6.45, 7) is 20.2. The fraction of sp³-hybridized carbons (Fsp3) is 0.435. The molecule has 6 heterocycles. The number of rotatable bonds is 8. The number of carbonyl (C=O) groups excluding carboxylic acids is 1. The van der Waals surface area contributed by atoms with E-state index in [1.807, 2.05) is 26.0 Å². The maximum atomic E-state index is 12.1. The van der Waals surface area contributed by atoms with Gasteiger partial charge in [-0.25, -0.2) is 36.8 Å². The van der Waals surface area contributed by atoms with E-state index < -0.39 is 25.3 Å². The molecule has 0 spiro atoms. The minimum atomic E-state index is -3.27. The Hall–Kier alpha value is -3.94. The summed E-state index contributed by atoms with van der Waals surface area (Å²) in [7, 11) is -6.54. The van der Waals surface area contributed by atoms with E-state index >= 15 is 0 Å². The predicted octanol–water partition coefficient (Wildman–Crippen LogP) is 4.22. The fourth-order valence-corrected chi connectivity index (χ4v) is 10.2. The molecular weight excluding hydrogens is 929 g/mol. The summed E-state index contributed by atoms with van der Waals surface area (Å²) in [4.78, 5) is 35.3. The zero-order valence-electron chi connectivity index (χ0n) is 38.9. The minimum absolute atomic E-state index is 0. The topological polar surface area (TPSA) is 173 Å². The van der Waals surface area contributed by atoms with Crippen LogP contribution in [0, 0.1) is 33.1 Å². The van der Waals surface area contributed by atoms with Crippen molar-refractivity contribution in [3.05, 3.63) is 102 Å². The zero-order chi connectivity index (χ0) is 44.5. The minimum Gasteiger partial charge on any atom is -1.00 e. The molecule has 0 radical (unpaired) electrons. The van der Waals surface area contributed by atoms with Gasteiger partial charge in [0.15, 0.2) is 25.5 Å². The molecule has 0 bridgehead atoms. The van der Waals surface area contributed by atoms with Gasteiger partial charge in [0, 0.05) is 95.5 Å². The number of sulfone groups is 2. The zero-order valence-corrected chi connectivity index (χ0v) is 43.5. The first-order valence-corrected chi connectivity index (χ1v) is 24.3. The molecule has 64 heavy (non-hydrogen) atoms. The number of benzene rings is 2. The monoisotopic (exact) mass is 986 g/mol. The Morgan fingerprint density at radius 3 is 1.45 bits per heavy atom. The number of carbonyl (C=O) groups is 1. The van der Waals surface area contributed by atoms with Crippen molar-refractivity contribution >= 4 is 82.2 Å². The van der Waals surface area contributed by atoms with Crippen LogP contribution in [0.15, 0.2) is 70.7 Å². The SMILES string of the molecule is CC(=O)c1cnc(N2CCn3c(cc4ccc(S(C)(=O)=O)cc43)C2C(C)C)nc1C.Cc1nc(N2CCn3c(cc4ccc(S(C)(=O)=O)cc43)C2C(C)C)ncc1C(C)(C)O.[Br-].[CH3-].[Mg+2]. The van der Waals surface area contributed by atoms with Crippen molar-refractivity contribution in [2.75, 3.05) is 35.4 Å². The van der Waals surface area contributed by atoms with Crippen molar-refractivity contribution in [3.63, 3.8) is 0 Å². The van der Waals surface area contributed by atoms with E-state index in [0.29, 0.717) is 59.1 Å². The van der Waals surface area contributed by atoms with Crippen LogP contribution in [-0.4, -0.2) is 105 Å². The van der Waals surface area contributed by atoms with Crippen LogP contribution in [0.1, 0.15) is 99.2 Å². The molecule has 2 aliphatic heterocycles. The summed E-state index contributed by atoms with van der Waals surface area (Å²) in [6.07, 6.45) is 5.80. The van der Waals surface area contributed by atoms with Crippen LogP contribution in [0.3, 0.4) is 0 Å². The molecule has 0 fully saturated rings. The van der Waals surface area contributed by atoms with Crippen LogP contribution in [0.4, 0.5) is 11.9 Å². The number of fused-ring (bicyclic) bond motifs is 6. The molecule has 2 aromatic carbocycles. The van der Waals surface area contributed by atoms with Crippen LogP contribution in [-0.2, 0) is 38.4 Å². The average molecular weight is 988 g/mol. The van der Waals surface area contributed by atoms with Crippen molar-refractivity contribution in [1.29, 1.82) is 0 Å². The Morgan fingerprint density at radius 1 is 0.703 bits per heavy atom. The van der Waals surface area contributed by atoms with Gasteiger partial charge in [-0.05, 0) is 82.9 Å². The third kappa shape index (κ3) is 10.2. The first-order chi connectivity index (χ1) is 28.4. The van der Waals surface area contributed by atoms with Crippen LogP contribution in [0.25, 0.3) is 21.8 Å². The molecule has 4 aromatic heterocycles. The van der Waals surface area contributed by atoms with E-state index in [2.05, 4.69) is 73.7 Å². The fourth-order valence-electron chi connectivity index (χ4n) is 8.96. The second-order valence-electron chi connectivity index (χ2n) is 17.6. The molecule has 1 N–H and O–H groups in total. The van der Waals surface area contributed by atoms with Gasteiger partial charge in [0.05, 0.1) is 38.7 Å². The summed E-state index contributed by atoms with van der Waals surface area (Å²) in [5.41, 5.74) is 5.84. The molecule has 14 nitrogen and oxygen atoms in total. The summed E-state index contributed by atoms with van der Waals surface area (Å²) >= 11 is 0. The first kappa shape index (κ1) is 52.7. The standard InChI is InChI=1S/C23H30N4O3S.C22H26N4O3S.CH3.BrH.Mg/c1-14(2)21-20-11-16-7-8-17(31(6,29)30)12-19(16)26(20)9-10-27(21)22-24-13-18(15(3)25-22)23(4,5)28;1-13(2)21-20-10-16-6-7-17(30(5,28)29)11-19(16)25(20)8-9-26(21)22-23-12-18(15(4)27)14(3)24-22;;;/h7-8,11-14,21,28H,9-10H2,1-6H3;6-7,10-13,21H,8-9H2,1-5H3;1H3;1H;/q;;-1;;+2/p-1. The van der Waals surface area contributed by atoms with E-state index in [0.717, 1.165) is 44.5 Å². The van der Waals surface area contributed by atoms with E-state index in [-0.39, 0.29) is 77.2 Å². The number of hydrogen-bond donors (Lipinski definition) is 1. The molecule has 0 amide bonds. The number of halogens is 1. The molecule has 340 valence electrons. The molecule has 0 saturated heterocycles. The maximum Gasteiger partial charge on any atom is 2.00 e. The predicted molar refractivity (Wildman–Crippen MR) is 251 cm³/mol. The molecule has 18 heteroatoms. The summed E-state index contributed by atoms with van der Waals surface area (Å²) in [6, 6.07) is 15.0. The van der Waals surface area contributed by atoms with Gasteiger partial charge in [0.25, 0.3) is 0 Å². The summed E-state index contributed by atoms with van der Waals surface area (Å²) in [5, 5.41) is 12.4. The van der Waals surface area contributed by atoms with E-state index in [4.69, 9.17) is 4.98 Å². The molecule has 2 aliphatic rings. The molecule has 6 aromatic rings. The second kappa shape index (κ2) is 19.5. The Bertz CT molecular complexity index is 2930. The molecule has 8 rings (SSSR count). The van der Waals surface area contributed by atoms with Crippen molar-refractivity contribution < 1.29 is 43.7 Å². The van der Waals surface area contributed by atoms with Crippen molar-refractivity contribution in [2.45, 2.75) is 103 Å². The van der Waals surface area contributed by atoms with E-state index in [1.54, 1.807) is 50.5 Å². The van der Waals surface area contributed by atoms with Crippen LogP contribution >= 0.6 is 0 Å². The normalized spacial score (nSPS) is 16.3. The summed E-state index contributed by atoms with van der Waals surface area (Å²) in [5.74, 6) is 1.79. The van der Waals surface area contributed by atoms with E-state index in [1.165, 1.54) is 19.4 Å². The van der Waals surface area contributed by atoms with Gasteiger partial charge in [-0.3, -0.25) is 4.79 Å². The second-order valence-corrected chi connectivity index (χ2v) is 21.7. The quantitative estimate of drug-likeness (QED) is 0.131. The van der Waals surface area contributed by atoms with Crippen molar-refractivity contribution in [2.24, 2.45) is 11.8 Å². The van der Waals surface area contributed by atoms with Gasteiger partial charge in [0.2, 0.25) is 11.9 Å². The number of aliphatic hydroxyl groups is 1. The van der Waals surface area contributed by atoms with Crippen molar-refractivity contribution in [1.82, 2.24) is 29.1 Å². The number of anilines is 2. The van der Waals surface area contributed by atoms with Gasteiger partial charge in [-0.15, -0.1) is 0 Å². The van der Waals surface area contributed by atoms with Gasteiger partial charge in [0.1, 0.15) is 0 Å². The van der Waals surface area contributed by atoms with Crippen LogP contribution in [0.2, 0.25) is 0 Å². The van der Waals surface area contributed by atoms with E-state index in [9.17, 15) is 26.7 Å². The van der Waals surface area contributed by atoms with Gasteiger partial charge in [-0.1, -0.05) is 39.8 Å². The largest absolute Gasteiger partial charge is 2.00 e. The van der Waals surface area contributed by atoms with Gasteiger partial charge < -0.3 is 48.4 Å². The molecule has 2 unspecified atom stereocenters. The van der Waals surface area contributed by atoms with Gasteiger partial charge >= 0.3 is 23.1 Å². The third-order valence-electron chi connectivity index (χ3n) is 11.8. The molecular formula is C46H59BrMgN8O6S2. The Kier molecular flexibility index (Phi) is 16.0.